The van der Waals surface area contributed by atoms with Gasteiger partial charge in [0.15, 0.2) is 0 Å². The zero-order valence-corrected chi connectivity index (χ0v) is 17.5. The summed E-state index contributed by atoms with van der Waals surface area (Å²) in [4.78, 5) is 21.8. The standard InChI is InChI=1S/C21H36N6O2/c1-2-3-10-23-21-25-14-18(20(29)24-13-15-8-11-22-12-9-15)19(27-21)26-16-4-6-17(28)7-5-16/h14-17,22,28H,2-13H2,1H3,(H,24,29)(H2,23,25,26,27). The predicted molar refractivity (Wildman–Crippen MR) is 115 cm³/mol. The van der Waals surface area contributed by atoms with Crippen LogP contribution in [0, 0.1) is 5.92 Å². The van der Waals surface area contributed by atoms with Crippen LogP contribution in [0.1, 0.15) is 68.6 Å². The van der Waals surface area contributed by atoms with Gasteiger partial charge in [0.05, 0.1) is 6.10 Å². The predicted octanol–water partition coefficient (Wildman–Crippen LogP) is 2.13. The molecule has 29 heavy (non-hydrogen) atoms. The number of unbranched alkanes of at least 4 members (excludes halogenated alkanes) is 1. The highest BCUT2D eigenvalue weighted by molar-refractivity contribution is 5.98. The highest BCUT2D eigenvalue weighted by Crippen LogP contribution is 2.24. The highest BCUT2D eigenvalue weighted by atomic mass is 16.3. The van der Waals surface area contributed by atoms with Crippen LogP contribution in [0.5, 0.6) is 0 Å². The van der Waals surface area contributed by atoms with Crippen molar-refractivity contribution in [2.45, 2.75) is 70.4 Å². The van der Waals surface area contributed by atoms with E-state index in [1.807, 2.05) is 0 Å². The van der Waals surface area contributed by atoms with Crippen LogP contribution in [0.4, 0.5) is 11.8 Å². The minimum atomic E-state index is -0.211. The molecule has 2 heterocycles. The van der Waals surface area contributed by atoms with Crippen LogP contribution in [0.2, 0.25) is 0 Å². The number of hydrogen-bond donors (Lipinski definition) is 5. The highest BCUT2D eigenvalue weighted by Gasteiger charge is 2.23. The van der Waals surface area contributed by atoms with E-state index in [0.29, 0.717) is 29.8 Å². The minimum absolute atomic E-state index is 0.123. The van der Waals surface area contributed by atoms with E-state index >= 15 is 0 Å². The van der Waals surface area contributed by atoms with Gasteiger partial charge in [0, 0.05) is 25.3 Å². The molecule has 162 valence electrons. The molecule has 0 unspecified atom stereocenters. The minimum Gasteiger partial charge on any atom is -0.393 e. The number of piperidine rings is 1. The van der Waals surface area contributed by atoms with Crippen molar-refractivity contribution in [3.8, 4) is 0 Å². The Labute approximate surface area is 173 Å². The number of carbonyl (C=O) groups excluding carboxylic acids is 1. The molecule has 1 aliphatic heterocycles. The summed E-state index contributed by atoms with van der Waals surface area (Å²) in [6.45, 7) is 5.67. The molecular formula is C21H36N6O2. The number of nitrogens with zero attached hydrogens (tertiary/aromatic N) is 2. The molecule has 8 heteroatoms. The van der Waals surface area contributed by atoms with Crippen molar-refractivity contribution in [3.05, 3.63) is 11.8 Å². The first-order valence-electron chi connectivity index (χ1n) is 11.2. The van der Waals surface area contributed by atoms with Crippen LogP contribution in [0.25, 0.3) is 0 Å². The summed E-state index contributed by atoms with van der Waals surface area (Å²) >= 11 is 0. The molecule has 0 atom stereocenters. The maximum absolute atomic E-state index is 12.9. The summed E-state index contributed by atoms with van der Waals surface area (Å²) in [6.07, 6.45) is 9.05. The lowest BCUT2D eigenvalue weighted by molar-refractivity contribution is 0.0944. The van der Waals surface area contributed by atoms with Gasteiger partial charge < -0.3 is 26.4 Å². The number of nitrogens with one attached hydrogen (secondary N) is 4. The van der Waals surface area contributed by atoms with Crippen LogP contribution >= 0.6 is 0 Å². The Morgan fingerprint density at radius 2 is 1.97 bits per heavy atom. The zero-order chi connectivity index (χ0) is 20.5. The summed E-state index contributed by atoms with van der Waals surface area (Å²) in [5.41, 5.74) is 0.492. The first kappa shape index (κ1) is 21.8. The van der Waals surface area contributed by atoms with Crippen LogP contribution in [-0.2, 0) is 0 Å². The molecule has 1 amide bonds. The van der Waals surface area contributed by atoms with Gasteiger partial charge in [-0.25, -0.2) is 4.98 Å². The maximum Gasteiger partial charge on any atom is 0.256 e. The molecule has 1 aromatic rings. The van der Waals surface area contributed by atoms with Gasteiger partial charge in [0.2, 0.25) is 5.95 Å². The van der Waals surface area contributed by atoms with Gasteiger partial charge in [0.25, 0.3) is 5.91 Å². The first-order chi connectivity index (χ1) is 14.2. The van der Waals surface area contributed by atoms with Gasteiger partial charge in [-0.3, -0.25) is 4.79 Å². The Balaban J connectivity index is 1.66. The van der Waals surface area contributed by atoms with Gasteiger partial charge in [-0.2, -0.15) is 4.98 Å². The lowest BCUT2D eigenvalue weighted by Gasteiger charge is -2.27. The number of amides is 1. The van der Waals surface area contributed by atoms with Gasteiger partial charge >= 0.3 is 0 Å². The van der Waals surface area contributed by atoms with Gasteiger partial charge in [-0.05, 0) is 64.0 Å². The molecule has 0 radical (unpaired) electrons. The molecule has 1 saturated heterocycles. The Bertz CT molecular complexity index is 642. The smallest absolute Gasteiger partial charge is 0.256 e. The SMILES string of the molecule is CCCCNc1ncc(C(=O)NCC2CCNCC2)c(NC2CCC(O)CC2)n1. The number of aliphatic hydroxyl groups excluding tert-OH is 1. The molecule has 0 spiro atoms. The van der Waals surface area contributed by atoms with Crippen molar-refractivity contribution in [2.24, 2.45) is 5.92 Å². The second kappa shape index (κ2) is 11.3. The van der Waals surface area contributed by atoms with E-state index in [-0.39, 0.29) is 18.1 Å². The van der Waals surface area contributed by atoms with E-state index in [1.165, 1.54) is 0 Å². The van der Waals surface area contributed by atoms with Crippen molar-refractivity contribution in [1.29, 1.82) is 0 Å². The number of aliphatic hydroxyl groups is 1. The fourth-order valence-corrected chi connectivity index (χ4v) is 3.95. The summed E-state index contributed by atoms with van der Waals surface area (Å²) < 4.78 is 0. The van der Waals surface area contributed by atoms with Gasteiger partial charge in [-0.15, -0.1) is 0 Å². The Hall–Kier alpha value is -1.93. The van der Waals surface area contributed by atoms with E-state index in [0.717, 1.165) is 71.0 Å². The van der Waals surface area contributed by atoms with E-state index in [4.69, 9.17) is 0 Å². The molecule has 8 nitrogen and oxygen atoms in total. The summed E-state index contributed by atoms with van der Waals surface area (Å²) in [7, 11) is 0. The van der Waals surface area contributed by atoms with E-state index < -0.39 is 0 Å². The number of rotatable bonds is 9. The van der Waals surface area contributed by atoms with Crippen LogP contribution in [0.15, 0.2) is 6.20 Å². The molecular weight excluding hydrogens is 368 g/mol. The Morgan fingerprint density at radius 1 is 1.21 bits per heavy atom. The van der Waals surface area contributed by atoms with E-state index in [2.05, 4.69) is 38.2 Å². The maximum atomic E-state index is 12.9. The molecule has 2 aliphatic rings. The monoisotopic (exact) mass is 404 g/mol. The molecule has 1 aliphatic carbocycles. The summed E-state index contributed by atoms with van der Waals surface area (Å²) in [5.74, 6) is 1.53. The third-order valence-corrected chi connectivity index (χ3v) is 5.89. The third-order valence-electron chi connectivity index (χ3n) is 5.89. The molecule has 5 N–H and O–H groups in total. The third kappa shape index (κ3) is 6.82. The van der Waals surface area contributed by atoms with Crippen LogP contribution < -0.4 is 21.3 Å². The average Bonchev–Trinajstić information content (AvgIpc) is 2.75. The number of anilines is 2. The molecule has 2 fully saturated rings. The zero-order valence-electron chi connectivity index (χ0n) is 17.5. The average molecular weight is 405 g/mol. The summed E-state index contributed by atoms with van der Waals surface area (Å²) in [5, 5.41) is 22.9. The molecule has 0 aromatic carbocycles. The van der Waals surface area contributed by atoms with Crippen molar-refractivity contribution < 1.29 is 9.90 Å². The number of aromatic nitrogens is 2. The van der Waals surface area contributed by atoms with Crippen LogP contribution in [0.3, 0.4) is 0 Å². The van der Waals surface area contributed by atoms with Crippen molar-refractivity contribution >= 4 is 17.7 Å². The molecule has 1 saturated carbocycles. The first-order valence-corrected chi connectivity index (χ1v) is 11.2. The normalized spacial score (nSPS) is 22.8. The second-order valence-corrected chi connectivity index (χ2v) is 8.29. The van der Waals surface area contributed by atoms with Gasteiger partial charge in [0.1, 0.15) is 11.4 Å². The molecule has 0 bridgehead atoms. The van der Waals surface area contributed by atoms with Crippen molar-refractivity contribution in [2.75, 3.05) is 36.8 Å². The number of carbonyl (C=O) groups is 1. The molecule has 3 rings (SSSR count). The fraction of sp³-hybridized carbons (Fsp3) is 0.762. The fourth-order valence-electron chi connectivity index (χ4n) is 3.95. The number of hydrogen-bond acceptors (Lipinski definition) is 7. The lowest BCUT2D eigenvalue weighted by atomic mass is 9.93. The van der Waals surface area contributed by atoms with Crippen molar-refractivity contribution in [1.82, 2.24) is 20.6 Å². The van der Waals surface area contributed by atoms with E-state index in [9.17, 15) is 9.90 Å². The van der Waals surface area contributed by atoms with Crippen LogP contribution in [-0.4, -0.2) is 59.3 Å². The lowest BCUT2D eigenvalue weighted by Crippen LogP contribution is -2.36. The summed E-state index contributed by atoms with van der Waals surface area (Å²) in [6, 6.07) is 0.216. The van der Waals surface area contributed by atoms with Gasteiger partial charge in [-0.1, -0.05) is 13.3 Å². The Kier molecular flexibility index (Phi) is 8.49. The quantitative estimate of drug-likeness (QED) is 0.401. The molecule has 1 aromatic heterocycles. The second-order valence-electron chi connectivity index (χ2n) is 8.29. The largest absolute Gasteiger partial charge is 0.393 e. The van der Waals surface area contributed by atoms with E-state index in [1.54, 1.807) is 6.20 Å². The van der Waals surface area contributed by atoms with Crippen molar-refractivity contribution in [3.63, 3.8) is 0 Å². The Morgan fingerprint density at radius 3 is 2.69 bits per heavy atom. The topological polar surface area (TPSA) is 111 Å².